The number of halogens is 1. The Morgan fingerprint density at radius 1 is 1.11 bits per heavy atom. The first kappa shape index (κ1) is 19.4. The molecule has 0 atom stereocenters. The molecule has 0 radical (unpaired) electrons. The normalized spacial score (nSPS) is 15.1. The SMILES string of the molecule is N#Cc1ccccc1OC(=O)c1ccc(Cl)c(S(=O)(=O)N2CCCCC2)c1. The number of carbonyl (C=O) groups excluding carboxylic acids is 1. The van der Waals surface area contributed by atoms with Crippen LogP contribution in [-0.2, 0) is 10.0 Å². The van der Waals surface area contributed by atoms with E-state index in [0.29, 0.717) is 13.1 Å². The number of ether oxygens (including phenoxy) is 1. The Morgan fingerprint density at radius 3 is 2.52 bits per heavy atom. The Bertz CT molecular complexity index is 1010. The predicted molar refractivity (Wildman–Crippen MR) is 100 cm³/mol. The van der Waals surface area contributed by atoms with Crippen molar-refractivity contribution in [1.82, 2.24) is 4.31 Å². The van der Waals surface area contributed by atoms with Gasteiger partial charge in [-0.05, 0) is 43.2 Å². The van der Waals surface area contributed by atoms with Crippen molar-refractivity contribution in [1.29, 1.82) is 5.26 Å². The molecule has 1 saturated heterocycles. The number of piperidine rings is 1. The molecule has 1 aliphatic rings. The molecule has 1 fully saturated rings. The van der Waals surface area contributed by atoms with E-state index in [4.69, 9.17) is 21.6 Å². The third kappa shape index (κ3) is 4.14. The number of benzene rings is 2. The lowest BCUT2D eigenvalue weighted by molar-refractivity contribution is 0.0734. The summed E-state index contributed by atoms with van der Waals surface area (Å²) in [6.07, 6.45) is 2.58. The van der Waals surface area contributed by atoms with Gasteiger partial charge in [0.1, 0.15) is 16.7 Å². The largest absolute Gasteiger partial charge is 0.422 e. The fourth-order valence-corrected chi connectivity index (χ4v) is 4.90. The predicted octanol–water partition coefficient (Wildman–Crippen LogP) is 3.61. The first-order valence-corrected chi connectivity index (χ1v) is 10.3. The first-order chi connectivity index (χ1) is 12.9. The summed E-state index contributed by atoms with van der Waals surface area (Å²) in [4.78, 5) is 12.3. The van der Waals surface area contributed by atoms with Crippen molar-refractivity contribution < 1.29 is 17.9 Å². The van der Waals surface area contributed by atoms with Crippen LogP contribution in [0.5, 0.6) is 5.75 Å². The maximum absolute atomic E-state index is 12.9. The summed E-state index contributed by atoms with van der Waals surface area (Å²) in [5.41, 5.74) is 0.253. The van der Waals surface area contributed by atoms with Crippen LogP contribution in [0, 0.1) is 11.3 Å². The summed E-state index contributed by atoms with van der Waals surface area (Å²) < 4.78 is 32.4. The smallest absolute Gasteiger partial charge is 0.343 e. The molecule has 1 heterocycles. The van der Waals surface area contributed by atoms with Crippen LogP contribution in [0.15, 0.2) is 47.4 Å². The fraction of sp³-hybridized carbons (Fsp3) is 0.263. The number of esters is 1. The summed E-state index contributed by atoms with van der Waals surface area (Å²) in [5, 5.41) is 9.14. The molecule has 27 heavy (non-hydrogen) atoms. The Balaban J connectivity index is 1.91. The quantitative estimate of drug-likeness (QED) is 0.573. The van der Waals surface area contributed by atoms with Crippen LogP contribution in [0.1, 0.15) is 35.2 Å². The number of sulfonamides is 1. The van der Waals surface area contributed by atoms with Crippen LogP contribution in [-0.4, -0.2) is 31.8 Å². The first-order valence-electron chi connectivity index (χ1n) is 8.44. The number of carbonyl (C=O) groups is 1. The lowest BCUT2D eigenvalue weighted by Gasteiger charge is -2.26. The molecular weight excluding hydrogens is 388 g/mol. The van der Waals surface area contributed by atoms with Crippen molar-refractivity contribution in [2.24, 2.45) is 0 Å². The fourth-order valence-electron chi connectivity index (χ4n) is 2.88. The van der Waals surface area contributed by atoms with Crippen LogP contribution in [0.2, 0.25) is 5.02 Å². The zero-order valence-electron chi connectivity index (χ0n) is 14.4. The summed E-state index contributed by atoms with van der Waals surface area (Å²) in [5.74, 6) is -0.648. The number of hydrogen-bond acceptors (Lipinski definition) is 5. The van der Waals surface area contributed by atoms with Gasteiger partial charge in [0.05, 0.1) is 16.1 Å². The van der Waals surface area contributed by atoms with Crippen molar-refractivity contribution >= 4 is 27.6 Å². The average molecular weight is 405 g/mol. The highest BCUT2D eigenvalue weighted by molar-refractivity contribution is 7.89. The van der Waals surface area contributed by atoms with E-state index in [9.17, 15) is 13.2 Å². The molecule has 8 heteroatoms. The second-order valence-corrected chi connectivity index (χ2v) is 8.42. The minimum Gasteiger partial charge on any atom is -0.422 e. The van der Waals surface area contributed by atoms with Crippen molar-refractivity contribution in [3.05, 3.63) is 58.6 Å². The number of rotatable bonds is 4. The summed E-state index contributed by atoms with van der Waals surface area (Å²) in [6, 6.07) is 12.2. The van der Waals surface area contributed by atoms with Gasteiger partial charge in [-0.3, -0.25) is 0 Å². The number of nitrogens with zero attached hydrogens (tertiary/aromatic N) is 2. The van der Waals surface area contributed by atoms with Gasteiger partial charge < -0.3 is 4.74 Å². The van der Waals surface area contributed by atoms with Crippen LogP contribution < -0.4 is 4.74 Å². The van der Waals surface area contributed by atoms with Gasteiger partial charge in [-0.15, -0.1) is 0 Å². The van der Waals surface area contributed by atoms with Crippen molar-refractivity contribution in [2.75, 3.05) is 13.1 Å². The molecule has 2 aromatic rings. The molecule has 6 nitrogen and oxygen atoms in total. The average Bonchev–Trinajstić information content (AvgIpc) is 2.69. The lowest BCUT2D eigenvalue weighted by atomic mass is 10.2. The van der Waals surface area contributed by atoms with Gasteiger partial charge >= 0.3 is 5.97 Å². The van der Waals surface area contributed by atoms with E-state index in [-0.39, 0.29) is 26.8 Å². The topological polar surface area (TPSA) is 87.5 Å². The van der Waals surface area contributed by atoms with E-state index in [1.54, 1.807) is 12.1 Å². The molecule has 2 aromatic carbocycles. The van der Waals surface area contributed by atoms with Crippen LogP contribution in [0.4, 0.5) is 0 Å². The molecule has 0 amide bonds. The maximum atomic E-state index is 12.9. The molecule has 0 spiro atoms. The molecule has 0 saturated carbocycles. The third-order valence-electron chi connectivity index (χ3n) is 4.31. The highest BCUT2D eigenvalue weighted by Gasteiger charge is 2.29. The minimum absolute atomic E-state index is 0.0442. The Kier molecular flexibility index (Phi) is 5.80. The van der Waals surface area contributed by atoms with E-state index < -0.39 is 16.0 Å². The maximum Gasteiger partial charge on any atom is 0.343 e. The summed E-state index contributed by atoms with van der Waals surface area (Å²) >= 11 is 6.11. The van der Waals surface area contributed by atoms with Gasteiger partial charge in [0, 0.05) is 13.1 Å². The standard InChI is InChI=1S/C19H17ClN2O4S/c20-16-9-8-14(19(23)26-17-7-3-2-6-15(17)13-21)12-18(16)27(24,25)22-10-4-1-5-11-22/h2-3,6-9,12H,1,4-5,10-11H2. The van der Waals surface area contributed by atoms with E-state index in [1.807, 2.05) is 6.07 Å². The van der Waals surface area contributed by atoms with Crippen LogP contribution >= 0.6 is 11.6 Å². The highest BCUT2D eigenvalue weighted by Crippen LogP contribution is 2.28. The minimum atomic E-state index is -3.79. The van der Waals surface area contributed by atoms with Gasteiger partial charge in [0.2, 0.25) is 10.0 Å². The van der Waals surface area contributed by atoms with Gasteiger partial charge in [-0.1, -0.05) is 30.2 Å². The highest BCUT2D eigenvalue weighted by atomic mass is 35.5. The second kappa shape index (κ2) is 8.09. The lowest BCUT2D eigenvalue weighted by Crippen LogP contribution is -2.35. The molecule has 140 valence electrons. The Labute approximate surface area is 163 Å². The molecule has 3 rings (SSSR count). The third-order valence-corrected chi connectivity index (χ3v) is 6.69. The van der Waals surface area contributed by atoms with E-state index in [0.717, 1.165) is 19.3 Å². The molecular formula is C19H17ClN2O4S. The molecule has 0 aliphatic carbocycles. The van der Waals surface area contributed by atoms with Crippen molar-refractivity contribution in [3.8, 4) is 11.8 Å². The van der Waals surface area contributed by atoms with E-state index in [2.05, 4.69) is 0 Å². The van der Waals surface area contributed by atoms with Gasteiger partial charge in [-0.2, -0.15) is 9.57 Å². The summed E-state index contributed by atoms with van der Waals surface area (Å²) in [7, 11) is -3.79. The van der Waals surface area contributed by atoms with Crippen molar-refractivity contribution in [2.45, 2.75) is 24.2 Å². The number of nitriles is 1. The number of para-hydroxylation sites is 1. The van der Waals surface area contributed by atoms with Crippen LogP contribution in [0.25, 0.3) is 0 Å². The second-order valence-electron chi connectivity index (χ2n) is 6.11. The Hall–Kier alpha value is -2.40. The molecule has 0 N–H and O–H groups in total. The zero-order chi connectivity index (χ0) is 19.4. The monoisotopic (exact) mass is 404 g/mol. The summed E-state index contributed by atoms with van der Waals surface area (Å²) in [6.45, 7) is 0.867. The molecule has 0 bridgehead atoms. The molecule has 0 unspecified atom stereocenters. The zero-order valence-corrected chi connectivity index (χ0v) is 16.0. The number of hydrogen-bond donors (Lipinski definition) is 0. The molecule has 0 aromatic heterocycles. The van der Waals surface area contributed by atoms with E-state index >= 15 is 0 Å². The van der Waals surface area contributed by atoms with Gasteiger partial charge in [0.25, 0.3) is 0 Å². The van der Waals surface area contributed by atoms with Crippen molar-refractivity contribution in [3.63, 3.8) is 0 Å². The van der Waals surface area contributed by atoms with E-state index in [1.165, 1.54) is 34.6 Å². The van der Waals surface area contributed by atoms with Gasteiger partial charge in [-0.25, -0.2) is 13.2 Å². The Morgan fingerprint density at radius 2 is 1.81 bits per heavy atom. The molecule has 1 aliphatic heterocycles. The van der Waals surface area contributed by atoms with Crippen LogP contribution in [0.3, 0.4) is 0 Å². The van der Waals surface area contributed by atoms with Gasteiger partial charge in [0.15, 0.2) is 0 Å².